The second kappa shape index (κ2) is 7.19. The Morgan fingerprint density at radius 2 is 2.08 bits per heavy atom. The number of urea groups is 1. The molecule has 26 heavy (non-hydrogen) atoms. The molecule has 0 aliphatic heterocycles. The van der Waals surface area contributed by atoms with Gasteiger partial charge in [-0.05, 0) is 36.6 Å². The van der Waals surface area contributed by atoms with Gasteiger partial charge in [-0.25, -0.2) is 9.78 Å². The summed E-state index contributed by atoms with van der Waals surface area (Å²) in [5, 5.41) is 8.67. The zero-order valence-corrected chi connectivity index (χ0v) is 15.5. The molecule has 130 valence electrons. The molecule has 2 amide bonds. The van der Waals surface area contributed by atoms with Crippen molar-refractivity contribution < 1.29 is 4.79 Å². The topological polar surface area (TPSA) is 79.8 Å². The highest BCUT2D eigenvalue weighted by Gasteiger charge is 2.11. The van der Waals surface area contributed by atoms with E-state index in [9.17, 15) is 4.79 Å². The Bertz CT molecular complexity index is 1060. The summed E-state index contributed by atoms with van der Waals surface area (Å²) in [6.07, 6.45) is 3.29. The molecule has 0 atom stereocenters. The summed E-state index contributed by atoms with van der Waals surface area (Å²) in [5.74, 6) is 0. The lowest BCUT2D eigenvalue weighted by atomic mass is 10.2. The average molecular weight is 381 g/mol. The SMILES string of the molecule is Cc1nc2cc(NC(=O)NCc3nccnc3-c3cccs3)ccc2s1. The molecule has 0 aliphatic carbocycles. The highest BCUT2D eigenvalue weighted by molar-refractivity contribution is 7.18. The number of carbonyl (C=O) groups is 1. The third-order valence-corrected chi connectivity index (χ3v) is 5.53. The first-order chi connectivity index (χ1) is 12.7. The number of hydrogen-bond donors (Lipinski definition) is 2. The molecule has 4 rings (SSSR count). The minimum absolute atomic E-state index is 0.293. The lowest BCUT2D eigenvalue weighted by Gasteiger charge is -2.09. The molecule has 2 N–H and O–H groups in total. The predicted molar refractivity (Wildman–Crippen MR) is 106 cm³/mol. The molecule has 1 aromatic carbocycles. The van der Waals surface area contributed by atoms with E-state index in [-0.39, 0.29) is 6.03 Å². The number of thiazole rings is 1. The summed E-state index contributed by atoms with van der Waals surface area (Å²) in [4.78, 5) is 26.5. The Morgan fingerprint density at radius 1 is 1.19 bits per heavy atom. The lowest BCUT2D eigenvalue weighted by molar-refractivity contribution is 0.251. The molecule has 0 fully saturated rings. The van der Waals surface area contributed by atoms with E-state index < -0.39 is 0 Å². The fraction of sp³-hybridized carbons (Fsp3) is 0.111. The number of benzene rings is 1. The molecule has 0 saturated carbocycles. The zero-order valence-electron chi connectivity index (χ0n) is 13.9. The lowest BCUT2D eigenvalue weighted by Crippen LogP contribution is -2.28. The molecule has 4 aromatic rings. The van der Waals surface area contributed by atoms with Crippen molar-refractivity contribution in [1.29, 1.82) is 0 Å². The van der Waals surface area contributed by atoms with Crippen molar-refractivity contribution in [2.75, 3.05) is 5.32 Å². The minimum Gasteiger partial charge on any atom is -0.332 e. The van der Waals surface area contributed by atoms with E-state index in [0.29, 0.717) is 12.2 Å². The van der Waals surface area contributed by atoms with Crippen LogP contribution in [0.3, 0.4) is 0 Å². The standard InChI is InChI=1S/C18H15N5OS2/c1-11-22-13-9-12(4-5-15(13)26-11)23-18(24)21-10-14-17(20-7-6-19-14)16-3-2-8-25-16/h2-9H,10H2,1H3,(H2,21,23,24). The van der Waals surface area contributed by atoms with Gasteiger partial charge in [0.2, 0.25) is 0 Å². The molecular weight excluding hydrogens is 366 g/mol. The molecule has 0 saturated heterocycles. The van der Waals surface area contributed by atoms with Crippen molar-refractivity contribution in [3.63, 3.8) is 0 Å². The molecule has 0 unspecified atom stereocenters. The molecule has 0 radical (unpaired) electrons. The molecule has 3 heterocycles. The third-order valence-electron chi connectivity index (χ3n) is 3.70. The van der Waals surface area contributed by atoms with Gasteiger partial charge in [0.25, 0.3) is 0 Å². The van der Waals surface area contributed by atoms with Crippen LogP contribution in [0.25, 0.3) is 20.8 Å². The Balaban J connectivity index is 1.44. The largest absolute Gasteiger partial charge is 0.332 e. The Morgan fingerprint density at radius 3 is 2.92 bits per heavy atom. The number of fused-ring (bicyclic) bond motifs is 1. The van der Waals surface area contributed by atoms with E-state index in [0.717, 1.165) is 31.5 Å². The summed E-state index contributed by atoms with van der Waals surface area (Å²) >= 11 is 3.23. The van der Waals surface area contributed by atoms with Crippen LogP contribution in [0.1, 0.15) is 10.7 Å². The van der Waals surface area contributed by atoms with Crippen LogP contribution < -0.4 is 10.6 Å². The molecule has 0 bridgehead atoms. The van der Waals surface area contributed by atoms with Gasteiger partial charge in [-0.2, -0.15) is 0 Å². The van der Waals surface area contributed by atoms with E-state index >= 15 is 0 Å². The van der Waals surface area contributed by atoms with E-state index in [2.05, 4.69) is 25.6 Å². The van der Waals surface area contributed by atoms with Crippen LogP contribution in [0.5, 0.6) is 0 Å². The van der Waals surface area contributed by atoms with Gasteiger partial charge in [-0.1, -0.05) is 6.07 Å². The van der Waals surface area contributed by atoms with E-state index in [1.165, 1.54) is 0 Å². The first-order valence-electron chi connectivity index (χ1n) is 7.95. The molecular formula is C18H15N5OS2. The molecule has 3 aromatic heterocycles. The molecule has 0 aliphatic rings. The fourth-order valence-electron chi connectivity index (χ4n) is 2.58. The van der Waals surface area contributed by atoms with E-state index in [1.54, 1.807) is 35.1 Å². The van der Waals surface area contributed by atoms with Gasteiger partial charge in [0, 0.05) is 18.1 Å². The Labute approximate surface area is 158 Å². The second-order valence-corrected chi connectivity index (χ2v) is 7.73. The van der Waals surface area contributed by atoms with Crippen molar-refractivity contribution >= 4 is 44.6 Å². The number of amides is 2. The van der Waals surface area contributed by atoms with Gasteiger partial charge >= 0.3 is 6.03 Å². The van der Waals surface area contributed by atoms with Crippen molar-refractivity contribution in [2.45, 2.75) is 13.5 Å². The van der Waals surface area contributed by atoms with Crippen LogP contribution in [0, 0.1) is 6.92 Å². The normalized spacial score (nSPS) is 10.8. The van der Waals surface area contributed by atoms with Gasteiger partial charge in [0.15, 0.2) is 0 Å². The number of aromatic nitrogens is 3. The van der Waals surface area contributed by atoms with Crippen LogP contribution >= 0.6 is 22.7 Å². The van der Waals surface area contributed by atoms with Gasteiger partial charge in [-0.15, -0.1) is 22.7 Å². The van der Waals surface area contributed by atoms with Crippen LogP contribution in [0.2, 0.25) is 0 Å². The van der Waals surface area contributed by atoms with Crippen LogP contribution in [-0.2, 0) is 6.54 Å². The van der Waals surface area contributed by atoms with Gasteiger partial charge < -0.3 is 10.6 Å². The minimum atomic E-state index is -0.293. The van der Waals surface area contributed by atoms with Crippen LogP contribution in [0.4, 0.5) is 10.5 Å². The van der Waals surface area contributed by atoms with Crippen molar-refractivity contribution in [1.82, 2.24) is 20.3 Å². The highest BCUT2D eigenvalue weighted by Crippen LogP contribution is 2.25. The summed E-state index contributed by atoms with van der Waals surface area (Å²) < 4.78 is 1.11. The third kappa shape index (κ3) is 3.56. The average Bonchev–Trinajstić information content (AvgIpc) is 3.28. The highest BCUT2D eigenvalue weighted by atomic mass is 32.1. The number of hydrogen-bond acceptors (Lipinski definition) is 6. The van der Waals surface area contributed by atoms with Crippen molar-refractivity contribution in [3.8, 4) is 10.6 Å². The molecule has 6 nitrogen and oxygen atoms in total. The van der Waals surface area contributed by atoms with Gasteiger partial charge in [0.1, 0.15) is 5.69 Å². The van der Waals surface area contributed by atoms with E-state index in [1.807, 2.05) is 42.6 Å². The number of anilines is 1. The maximum atomic E-state index is 12.2. The van der Waals surface area contributed by atoms with Gasteiger partial charge in [-0.3, -0.25) is 9.97 Å². The quantitative estimate of drug-likeness (QED) is 0.547. The Hall–Kier alpha value is -2.84. The smallest absolute Gasteiger partial charge is 0.319 e. The molecule has 0 spiro atoms. The number of nitrogens with zero attached hydrogens (tertiary/aromatic N) is 3. The zero-order chi connectivity index (χ0) is 17.9. The number of rotatable bonds is 4. The summed E-state index contributed by atoms with van der Waals surface area (Å²) in [6.45, 7) is 2.27. The second-order valence-electron chi connectivity index (χ2n) is 5.55. The number of carbonyl (C=O) groups excluding carboxylic acids is 1. The monoisotopic (exact) mass is 381 g/mol. The van der Waals surface area contributed by atoms with Crippen molar-refractivity contribution in [2.24, 2.45) is 0 Å². The predicted octanol–water partition coefficient (Wildman–Crippen LogP) is 4.44. The molecule has 8 heteroatoms. The summed E-state index contributed by atoms with van der Waals surface area (Å²) in [5.41, 5.74) is 3.12. The number of aryl methyl sites for hydroxylation is 1. The van der Waals surface area contributed by atoms with Crippen LogP contribution in [0.15, 0.2) is 48.1 Å². The maximum Gasteiger partial charge on any atom is 0.319 e. The first-order valence-corrected chi connectivity index (χ1v) is 9.64. The maximum absolute atomic E-state index is 12.2. The number of nitrogens with one attached hydrogen (secondary N) is 2. The summed E-state index contributed by atoms with van der Waals surface area (Å²) in [7, 11) is 0. The summed E-state index contributed by atoms with van der Waals surface area (Å²) in [6, 6.07) is 9.38. The first kappa shape index (κ1) is 16.6. The van der Waals surface area contributed by atoms with Crippen molar-refractivity contribution in [3.05, 3.63) is 58.8 Å². The van der Waals surface area contributed by atoms with E-state index in [4.69, 9.17) is 0 Å². The fourth-order valence-corrected chi connectivity index (χ4v) is 4.13. The van der Waals surface area contributed by atoms with Crippen LogP contribution in [-0.4, -0.2) is 21.0 Å². The Kier molecular flexibility index (Phi) is 4.59. The van der Waals surface area contributed by atoms with Gasteiger partial charge in [0.05, 0.1) is 32.3 Å². The number of thiophene rings is 1.